The van der Waals surface area contributed by atoms with E-state index in [2.05, 4.69) is 25.6 Å². The van der Waals surface area contributed by atoms with Crippen molar-refractivity contribution < 1.29 is 17.7 Å². The molecule has 178 valence electrons. The van der Waals surface area contributed by atoms with Crippen LogP contribution in [0, 0.1) is 0 Å². The number of sulfonamides is 1. The van der Waals surface area contributed by atoms with Crippen molar-refractivity contribution in [2.75, 3.05) is 22.2 Å². The molecule has 8 heteroatoms. The van der Waals surface area contributed by atoms with Crippen LogP contribution in [-0.2, 0) is 21.3 Å². The maximum absolute atomic E-state index is 15.0. The fourth-order valence-electron chi connectivity index (χ4n) is 3.96. The lowest BCUT2D eigenvalue weighted by molar-refractivity contribution is 0.299. The third kappa shape index (κ3) is 5.93. The second kappa shape index (κ2) is 10.4. The Bertz CT molecular complexity index is 1150. The van der Waals surface area contributed by atoms with Crippen molar-refractivity contribution in [2.45, 2.75) is 52.5 Å². The first-order valence-corrected chi connectivity index (χ1v) is 13.0. The second-order valence-electron chi connectivity index (χ2n) is 8.46. The predicted molar refractivity (Wildman–Crippen MR) is 134 cm³/mol. The molecule has 6 nitrogen and oxygen atoms in total. The summed E-state index contributed by atoms with van der Waals surface area (Å²) in [5.74, 6) is 0.197. The van der Waals surface area contributed by atoms with E-state index >= 15 is 0 Å². The smallest absolute Gasteiger partial charge is 0.258 e. The number of rotatable bonds is 8. The lowest BCUT2D eigenvalue weighted by Crippen LogP contribution is -2.38. The average molecular weight is 474 g/mol. The van der Waals surface area contributed by atoms with Crippen molar-refractivity contribution >= 4 is 32.9 Å². The van der Waals surface area contributed by atoms with Gasteiger partial charge < -0.3 is 9.74 Å². The molecule has 1 unspecified atom stereocenters. The molecule has 0 aromatic heterocycles. The van der Waals surface area contributed by atoms with E-state index in [-0.39, 0.29) is 22.0 Å². The summed E-state index contributed by atoms with van der Waals surface area (Å²) in [6.07, 6.45) is 4.79. The molecule has 0 N–H and O–H groups in total. The number of hydrogen-bond donors (Lipinski definition) is 0. The van der Waals surface area contributed by atoms with Gasteiger partial charge in [-0.1, -0.05) is 41.3 Å². The molecule has 0 spiro atoms. The van der Waals surface area contributed by atoms with Crippen molar-refractivity contribution in [3.05, 3.63) is 65.7 Å². The van der Waals surface area contributed by atoms with Gasteiger partial charge in [-0.3, -0.25) is 0 Å². The van der Waals surface area contributed by atoms with E-state index in [1.807, 2.05) is 36.1 Å². The Morgan fingerprint density at radius 2 is 2.00 bits per heavy atom. The van der Waals surface area contributed by atoms with E-state index in [1.165, 1.54) is 11.6 Å². The fourth-order valence-corrected chi connectivity index (χ4v) is 4.46. The molecule has 0 amide bonds. The summed E-state index contributed by atoms with van der Waals surface area (Å²) < 4.78 is 38.8. The second-order valence-corrected chi connectivity index (χ2v) is 10.3. The largest absolute Gasteiger partial charge is 0.367 e. The minimum absolute atomic E-state index is 0.0511. The molecule has 0 saturated carbocycles. The van der Waals surface area contributed by atoms with Crippen LogP contribution in [0.25, 0.3) is 5.76 Å². The molecule has 1 aliphatic rings. The summed E-state index contributed by atoms with van der Waals surface area (Å²) in [7, 11) is -4.10. The zero-order chi connectivity index (χ0) is 24.2. The van der Waals surface area contributed by atoms with Crippen molar-refractivity contribution in [2.24, 2.45) is 5.16 Å². The van der Waals surface area contributed by atoms with Gasteiger partial charge in [0.1, 0.15) is 5.69 Å². The lowest BCUT2D eigenvalue weighted by Gasteiger charge is -2.37. The van der Waals surface area contributed by atoms with Crippen LogP contribution >= 0.6 is 0 Å². The number of oxime groups is 1. The Hall–Kier alpha value is -2.87. The summed E-state index contributed by atoms with van der Waals surface area (Å²) in [6.45, 7) is 10.6. The SMILES string of the molecule is C=C(O/N=C(\C)c1cccc(CC)c1)c1ccc(N2CCCCC2C)c(N(F)S(C)(=O)=O)c1. The Morgan fingerprint density at radius 1 is 1.24 bits per heavy atom. The van der Waals surface area contributed by atoms with Crippen LogP contribution < -0.4 is 9.43 Å². The van der Waals surface area contributed by atoms with Crippen molar-refractivity contribution in [1.29, 1.82) is 0 Å². The molecular formula is C25H32FN3O3S. The van der Waals surface area contributed by atoms with Gasteiger partial charge in [0, 0.05) is 18.2 Å². The van der Waals surface area contributed by atoms with Gasteiger partial charge in [0.2, 0.25) is 0 Å². The first-order valence-electron chi connectivity index (χ1n) is 11.2. The van der Waals surface area contributed by atoms with E-state index in [4.69, 9.17) is 4.84 Å². The van der Waals surface area contributed by atoms with Crippen LogP contribution in [0.1, 0.15) is 56.7 Å². The van der Waals surface area contributed by atoms with E-state index in [9.17, 15) is 12.9 Å². The Balaban J connectivity index is 1.90. The molecule has 1 heterocycles. The molecule has 1 aliphatic heterocycles. The average Bonchev–Trinajstić information content (AvgIpc) is 2.81. The molecule has 2 aromatic carbocycles. The van der Waals surface area contributed by atoms with Gasteiger partial charge in [0.15, 0.2) is 5.76 Å². The zero-order valence-corrected chi connectivity index (χ0v) is 20.5. The Morgan fingerprint density at radius 3 is 2.67 bits per heavy atom. The summed E-state index contributed by atoms with van der Waals surface area (Å²) in [5, 5.41) is 4.17. The lowest BCUT2D eigenvalue weighted by atomic mass is 10.0. The highest BCUT2D eigenvalue weighted by atomic mass is 32.2. The number of nitrogens with zero attached hydrogens (tertiary/aromatic N) is 3. The number of anilines is 2. The highest BCUT2D eigenvalue weighted by molar-refractivity contribution is 7.91. The number of aryl methyl sites for hydroxylation is 1. The zero-order valence-electron chi connectivity index (χ0n) is 19.7. The minimum atomic E-state index is -4.10. The summed E-state index contributed by atoms with van der Waals surface area (Å²) in [6, 6.07) is 13.1. The molecule has 1 saturated heterocycles. The Labute approximate surface area is 196 Å². The van der Waals surface area contributed by atoms with Gasteiger partial charge in [-0.2, -0.15) is 0 Å². The first kappa shape index (κ1) is 24.8. The molecule has 1 atom stereocenters. The summed E-state index contributed by atoms with van der Waals surface area (Å²) in [5.41, 5.74) is 3.73. The summed E-state index contributed by atoms with van der Waals surface area (Å²) in [4.78, 5) is 7.58. The van der Waals surface area contributed by atoms with Crippen LogP contribution in [0.3, 0.4) is 0 Å². The van der Waals surface area contributed by atoms with Crippen LogP contribution in [0.15, 0.2) is 54.2 Å². The highest BCUT2D eigenvalue weighted by Crippen LogP contribution is 2.37. The fraction of sp³-hybridized carbons (Fsp3) is 0.400. The number of piperidine rings is 1. The van der Waals surface area contributed by atoms with Gasteiger partial charge >= 0.3 is 0 Å². The maximum atomic E-state index is 15.0. The normalized spacial score (nSPS) is 17.1. The monoisotopic (exact) mass is 473 g/mol. The topological polar surface area (TPSA) is 62.2 Å². The van der Waals surface area contributed by atoms with Gasteiger partial charge in [-0.05, 0) is 74.9 Å². The first-order chi connectivity index (χ1) is 15.6. The van der Waals surface area contributed by atoms with E-state index in [1.54, 1.807) is 12.1 Å². The van der Waals surface area contributed by atoms with Crippen LogP contribution in [0.5, 0.6) is 0 Å². The van der Waals surface area contributed by atoms with E-state index in [0.717, 1.165) is 44.0 Å². The van der Waals surface area contributed by atoms with Crippen LogP contribution in [0.4, 0.5) is 15.9 Å². The van der Waals surface area contributed by atoms with Gasteiger partial charge in [-0.15, -0.1) is 4.53 Å². The van der Waals surface area contributed by atoms with Gasteiger partial charge in [0.25, 0.3) is 10.0 Å². The Kier molecular flexibility index (Phi) is 7.79. The molecule has 3 rings (SSSR count). The number of hydrogen-bond acceptors (Lipinski definition) is 5. The third-order valence-corrected chi connectivity index (χ3v) is 6.72. The van der Waals surface area contributed by atoms with Crippen molar-refractivity contribution in [1.82, 2.24) is 0 Å². The standard InChI is InChI=1S/C25H32FN3O3S/c1-6-21-11-9-12-22(16-21)19(3)27-32-20(4)23-13-14-24(28-15-8-7-10-18(28)2)25(17-23)29(26)33(5,30)31/h9,11-14,16-18H,4,6-8,10,15H2,1-3,5H3/b27-19+. The number of halogens is 1. The van der Waals surface area contributed by atoms with Gasteiger partial charge in [0.05, 0.1) is 17.7 Å². The van der Waals surface area contributed by atoms with Crippen LogP contribution in [-0.4, -0.2) is 33.0 Å². The highest BCUT2D eigenvalue weighted by Gasteiger charge is 2.27. The predicted octanol–water partition coefficient (Wildman–Crippen LogP) is 5.69. The van der Waals surface area contributed by atoms with Crippen LogP contribution in [0.2, 0.25) is 0 Å². The van der Waals surface area contributed by atoms with Gasteiger partial charge in [-0.25, -0.2) is 8.42 Å². The molecule has 0 radical (unpaired) electrons. The molecule has 0 bridgehead atoms. The molecular weight excluding hydrogens is 441 g/mol. The molecule has 1 fully saturated rings. The minimum Gasteiger partial charge on any atom is -0.367 e. The summed E-state index contributed by atoms with van der Waals surface area (Å²) >= 11 is 0. The quantitative estimate of drug-likeness (QED) is 0.214. The molecule has 0 aliphatic carbocycles. The van der Waals surface area contributed by atoms with Crippen molar-refractivity contribution in [3.8, 4) is 0 Å². The molecule has 2 aromatic rings. The molecule has 33 heavy (non-hydrogen) atoms. The maximum Gasteiger partial charge on any atom is 0.258 e. The van der Waals surface area contributed by atoms with E-state index < -0.39 is 10.0 Å². The van der Waals surface area contributed by atoms with Crippen molar-refractivity contribution in [3.63, 3.8) is 0 Å². The third-order valence-electron chi connectivity index (χ3n) is 5.94. The number of benzene rings is 2. The van der Waals surface area contributed by atoms with E-state index in [0.29, 0.717) is 17.0 Å².